The van der Waals surface area contributed by atoms with Gasteiger partial charge in [-0.05, 0) is 56.0 Å². The van der Waals surface area contributed by atoms with Crippen LogP contribution < -0.4 is 10.6 Å². The SMILES string of the molecule is CCCNC(=O)C1CCN(C(=O)c2cccc(NC(=O)c3ccccc3C)c2)CC1. The number of aryl methyl sites for hydroxylation is 1. The van der Waals surface area contributed by atoms with Gasteiger partial charge in [0.15, 0.2) is 0 Å². The number of amides is 3. The molecule has 6 nitrogen and oxygen atoms in total. The topological polar surface area (TPSA) is 78.5 Å². The highest BCUT2D eigenvalue weighted by atomic mass is 16.2. The number of likely N-dealkylation sites (tertiary alicyclic amines) is 1. The minimum atomic E-state index is -0.198. The number of nitrogens with one attached hydrogen (secondary N) is 2. The Kier molecular flexibility index (Phi) is 7.22. The van der Waals surface area contributed by atoms with Crippen molar-refractivity contribution in [3.05, 3.63) is 65.2 Å². The van der Waals surface area contributed by atoms with Gasteiger partial charge in [0.05, 0.1) is 0 Å². The smallest absolute Gasteiger partial charge is 0.255 e. The third kappa shape index (κ3) is 5.26. The van der Waals surface area contributed by atoms with Crippen LogP contribution in [0.5, 0.6) is 0 Å². The second kappa shape index (κ2) is 10.1. The Labute approximate surface area is 177 Å². The molecule has 30 heavy (non-hydrogen) atoms. The summed E-state index contributed by atoms with van der Waals surface area (Å²) in [4.78, 5) is 39.4. The maximum absolute atomic E-state index is 12.9. The van der Waals surface area contributed by atoms with Crippen molar-refractivity contribution in [3.63, 3.8) is 0 Å². The zero-order chi connectivity index (χ0) is 21.5. The van der Waals surface area contributed by atoms with E-state index in [0.717, 1.165) is 12.0 Å². The van der Waals surface area contributed by atoms with Gasteiger partial charge in [0.1, 0.15) is 0 Å². The lowest BCUT2D eigenvalue weighted by atomic mass is 9.95. The first kappa shape index (κ1) is 21.6. The van der Waals surface area contributed by atoms with E-state index in [1.165, 1.54) is 0 Å². The summed E-state index contributed by atoms with van der Waals surface area (Å²) in [7, 11) is 0. The molecule has 0 aromatic heterocycles. The van der Waals surface area contributed by atoms with Crippen LogP contribution in [0.4, 0.5) is 5.69 Å². The van der Waals surface area contributed by atoms with Crippen LogP contribution in [-0.2, 0) is 4.79 Å². The fourth-order valence-electron chi connectivity index (χ4n) is 3.68. The molecule has 0 aliphatic carbocycles. The molecule has 0 bridgehead atoms. The lowest BCUT2D eigenvalue weighted by Crippen LogP contribution is -2.43. The van der Waals surface area contributed by atoms with E-state index in [-0.39, 0.29) is 23.6 Å². The van der Waals surface area contributed by atoms with Crippen LogP contribution in [0.2, 0.25) is 0 Å². The predicted octanol–water partition coefficient (Wildman–Crippen LogP) is 3.63. The average Bonchev–Trinajstić information content (AvgIpc) is 2.77. The molecule has 1 heterocycles. The highest BCUT2D eigenvalue weighted by Crippen LogP contribution is 2.21. The van der Waals surface area contributed by atoms with Crippen molar-refractivity contribution < 1.29 is 14.4 Å². The first-order chi connectivity index (χ1) is 14.5. The van der Waals surface area contributed by atoms with Gasteiger partial charge in [-0.15, -0.1) is 0 Å². The van der Waals surface area contributed by atoms with Crippen molar-refractivity contribution >= 4 is 23.4 Å². The quantitative estimate of drug-likeness (QED) is 0.768. The third-order valence-electron chi connectivity index (χ3n) is 5.46. The average molecular weight is 408 g/mol. The summed E-state index contributed by atoms with van der Waals surface area (Å²) in [5.41, 5.74) is 2.63. The Morgan fingerprint density at radius 2 is 1.77 bits per heavy atom. The van der Waals surface area contributed by atoms with Crippen LogP contribution in [-0.4, -0.2) is 42.3 Å². The van der Waals surface area contributed by atoms with Gasteiger partial charge in [-0.25, -0.2) is 0 Å². The molecule has 1 fully saturated rings. The van der Waals surface area contributed by atoms with Crippen LogP contribution in [0.15, 0.2) is 48.5 Å². The first-order valence-corrected chi connectivity index (χ1v) is 10.5. The van der Waals surface area contributed by atoms with E-state index < -0.39 is 0 Å². The highest BCUT2D eigenvalue weighted by Gasteiger charge is 2.27. The van der Waals surface area contributed by atoms with E-state index in [0.29, 0.717) is 49.3 Å². The van der Waals surface area contributed by atoms with E-state index in [1.54, 1.807) is 35.2 Å². The number of hydrogen-bond acceptors (Lipinski definition) is 3. The molecule has 1 saturated heterocycles. The van der Waals surface area contributed by atoms with Gasteiger partial charge in [-0.3, -0.25) is 14.4 Å². The van der Waals surface area contributed by atoms with Crippen molar-refractivity contribution in [2.75, 3.05) is 25.0 Å². The molecule has 6 heteroatoms. The zero-order valence-corrected chi connectivity index (χ0v) is 17.6. The van der Waals surface area contributed by atoms with Gasteiger partial charge in [0, 0.05) is 42.4 Å². The Hall–Kier alpha value is -3.15. The largest absolute Gasteiger partial charge is 0.356 e. The Morgan fingerprint density at radius 3 is 2.47 bits per heavy atom. The van der Waals surface area contributed by atoms with Crippen molar-refractivity contribution in [1.29, 1.82) is 0 Å². The summed E-state index contributed by atoms with van der Waals surface area (Å²) in [5.74, 6) is -0.212. The lowest BCUT2D eigenvalue weighted by molar-refractivity contribution is -0.126. The maximum atomic E-state index is 12.9. The number of hydrogen-bond donors (Lipinski definition) is 2. The summed E-state index contributed by atoms with van der Waals surface area (Å²) in [6.07, 6.45) is 2.26. The second-order valence-corrected chi connectivity index (χ2v) is 7.71. The van der Waals surface area contributed by atoms with E-state index in [4.69, 9.17) is 0 Å². The summed E-state index contributed by atoms with van der Waals surface area (Å²) in [5, 5.41) is 5.81. The Balaban J connectivity index is 1.61. The van der Waals surface area contributed by atoms with Gasteiger partial charge in [-0.2, -0.15) is 0 Å². The van der Waals surface area contributed by atoms with Crippen LogP contribution in [0.25, 0.3) is 0 Å². The number of piperidine rings is 1. The molecule has 3 rings (SSSR count). The zero-order valence-electron chi connectivity index (χ0n) is 17.6. The Bertz CT molecular complexity index is 917. The number of nitrogens with zero attached hydrogens (tertiary/aromatic N) is 1. The summed E-state index contributed by atoms with van der Waals surface area (Å²) < 4.78 is 0. The molecule has 0 saturated carbocycles. The molecular weight excluding hydrogens is 378 g/mol. The molecule has 1 aliphatic rings. The van der Waals surface area contributed by atoms with Crippen molar-refractivity contribution in [2.24, 2.45) is 5.92 Å². The Morgan fingerprint density at radius 1 is 1.03 bits per heavy atom. The predicted molar refractivity (Wildman–Crippen MR) is 118 cm³/mol. The molecule has 1 aliphatic heterocycles. The van der Waals surface area contributed by atoms with Crippen molar-refractivity contribution in [1.82, 2.24) is 10.2 Å². The van der Waals surface area contributed by atoms with Gasteiger partial charge >= 0.3 is 0 Å². The number of carbonyl (C=O) groups is 3. The third-order valence-corrected chi connectivity index (χ3v) is 5.46. The molecular formula is C24H29N3O3. The fraction of sp³-hybridized carbons (Fsp3) is 0.375. The highest BCUT2D eigenvalue weighted by molar-refractivity contribution is 6.06. The normalized spacial score (nSPS) is 14.3. The standard InChI is InChI=1S/C24H29N3O3/c1-3-13-25-22(28)18-11-14-27(15-12-18)24(30)19-8-6-9-20(16-19)26-23(29)21-10-5-4-7-17(21)2/h4-10,16,18H,3,11-15H2,1-2H3,(H,25,28)(H,26,29). The summed E-state index contributed by atoms with van der Waals surface area (Å²) >= 11 is 0. The van der Waals surface area contributed by atoms with Crippen LogP contribution >= 0.6 is 0 Å². The van der Waals surface area contributed by atoms with E-state index in [2.05, 4.69) is 10.6 Å². The molecule has 3 amide bonds. The molecule has 0 atom stereocenters. The van der Waals surface area contributed by atoms with Crippen molar-refractivity contribution in [2.45, 2.75) is 33.1 Å². The molecule has 0 spiro atoms. The maximum Gasteiger partial charge on any atom is 0.255 e. The fourth-order valence-corrected chi connectivity index (χ4v) is 3.68. The molecule has 2 N–H and O–H groups in total. The lowest BCUT2D eigenvalue weighted by Gasteiger charge is -2.31. The van der Waals surface area contributed by atoms with E-state index in [9.17, 15) is 14.4 Å². The molecule has 2 aromatic rings. The molecule has 2 aromatic carbocycles. The van der Waals surface area contributed by atoms with E-state index in [1.807, 2.05) is 32.0 Å². The minimum absolute atomic E-state index is 0.0275. The van der Waals surface area contributed by atoms with Crippen molar-refractivity contribution in [3.8, 4) is 0 Å². The van der Waals surface area contributed by atoms with Crippen LogP contribution in [0.1, 0.15) is 52.5 Å². The minimum Gasteiger partial charge on any atom is -0.356 e. The molecule has 0 radical (unpaired) electrons. The molecule has 158 valence electrons. The number of anilines is 1. The van der Waals surface area contributed by atoms with Gasteiger partial charge in [-0.1, -0.05) is 31.2 Å². The van der Waals surface area contributed by atoms with E-state index >= 15 is 0 Å². The summed E-state index contributed by atoms with van der Waals surface area (Å²) in [6.45, 7) is 5.73. The number of rotatable bonds is 6. The van der Waals surface area contributed by atoms with Gasteiger partial charge < -0.3 is 15.5 Å². The monoisotopic (exact) mass is 407 g/mol. The second-order valence-electron chi connectivity index (χ2n) is 7.71. The number of carbonyl (C=O) groups excluding carboxylic acids is 3. The van der Waals surface area contributed by atoms with Gasteiger partial charge in [0.25, 0.3) is 11.8 Å². The number of benzene rings is 2. The van der Waals surface area contributed by atoms with Crippen LogP contribution in [0.3, 0.4) is 0 Å². The molecule has 0 unspecified atom stereocenters. The van der Waals surface area contributed by atoms with Gasteiger partial charge in [0.2, 0.25) is 5.91 Å². The first-order valence-electron chi connectivity index (χ1n) is 10.5. The van der Waals surface area contributed by atoms with Crippen LogP contribution in [0, 0.1) is 12.8 Å². The summed E-state index contributed by atoms with van der Waals surface area (Å²) in [6, 6.07) is 14.4.